The van der Waals surface area contributed by atoms with Gasteiger partial charge in [-0.15, -0.1) is 0 Å². The average molecular weight is 267 g/mol. The molecular weight excluding hydrogens is 252 g/mol. The predicted molar refractivity (Wildman–Crippen MR) is 68.8 cm³/mol. The van der Waals surface area contributed by atoms with Crippen molar-refractivity contribution in [3.8, 4) is 0 Å². The molecule has 18 heavy (non-hydrogen) atoms. The van der Waals surface area contributed by atoms with Crippen molar-refractivity contribution in [2.75, 3.05) is 0 Å². The molecular formula is C11H15ClN6. The summed E-state index contributed by atoms with van der Waals surface area (Å²) in [7, 11) is 0. The van der Waals surface area contributed by atoms with Gasteiger partial charge in [0, 0.05) is 18.4 Å². The number of nitrogens with two attached hydrogens (primary N) is 1. The molecule has 1 unspecified atom stereocenters. The molecule has 0 aromatic carbocycles. The summed E-state index contributed by atoms with van der Waals surface area (Å²) < 4.78 is 1.81. The van der Waals surface area contributed by atoms with Gasteiger partial charge in [-0.2, -0.15) is 5.10 Å². The van der Waals surface area contributed by atoms with Crippen molar-refractivity contribution in [1.82, 2.24) is 25.2 Å². The van der Waals surface area contributed by atoms with Gasteiger partial charge in [0.15, 0.2) is 5.82 Å². The SMILES string of the molecule is CC(C)n1ncc(Cl)c1C(NN)c1ncccn1. The maximum Gasteiger partial charge on any atom is 0.152 e. The molecule has 0 saturated heterocycles. The number of nitrogens with one attached hydrogen (secondary N) is 1. The molecule has 0 aliphatic rings. The predicted octanol–water partition coefficient (Wildman–Crippen LogP) is 1.46. The number of hydrazine groups is 1. The molecule has 3 N–H and O–H groups in total. The van der Waals surface area contributed by atoms with Gasteiger partial charge in [-0.3, -0.25) is 10.5 Å². The number of hydrogen-bond acceptors (Lipinski definition) is 5. The van der Waals surface area contributed by atoms with Crippen molar-refractivity contribution < 1.29 is 0 Å². The summed E-state index contributed by atoms with van der Waals surface area (Å²) in [5.74, 6) is 6.16. The molecule has 2 heterocycles. The topological polar surface area (TPSA) is 81.7 Å². The lowest BCUT2D eigenvalue weighted by Gasteiger charge is -2.18. The van der Waals surface area contributed by atoms with Crippen molar-refractivity contribution in [2.24, 2.45) is 5.84 Å². The van der Waals surface area contributed by atoms with E-state index in [0.717, 1.165) is 5.69 Å². The van der Waals surface area contributed by atoms with Gasteiger partial charge in [0.2, 0.25) is 0 Å². The number of halogens is 1. The molecule has 0 radical (unpaired) electrons. The maximum absolute atomic E-state index is 6.18. The number of aromatic nitrogens is 4. The molecule has 0 saturated carbocycles. The second-order valence-electron chi connectivity index (χ2n) is 4.12. The zero-order chi connectivity index (χ0) is 13.1. The monoisotopic (exact) mass is 266 g/mol. The van der Waals surface area contributed by atoms with Crippen LogP contribution in [0.2, 0.25) is 5.02 Å². The van der Waals surface area contributed by atoms with Crippen molar-refractivity contribution in [3.63, 3.8) is 0 Å². The van der Waals surface area contributed by atoms with E-state index in [0.29, 0.717) is 10.8 Å². The van der Waals surface area contributed by atoms with Gasteiger partial charge in [-0.05, 0) is 19.9 Å². The largest absolute Gasteiger partial charge is 0.270 e. The lowest BCUT2D eigenvalue weighted by atomic mass is 10.2. The highest BCUT2D eigenvalue weighted by Gasteiger charge is 2.24. The molecule has 6 nitrogen and oxygen atoms in total. The Morgan fingerprint density at radius 2 is 2.00 bits per heavy atom. The van der Waals surface area contributed by atoms with Crippen molar-refractivity contribution in [1.29, 1.82) is 0 Å². The minimum atomic E-state index is -0.386. The molecule has 2 aromatic rings. The van der Waals surface area contributed by atoms with Gasteiger partial charge in [0.05, 0.1) is 16.9 Å². The van der Waals surface area contributed by atoms with Gasteiger partial charge in [-0.1, -0.05) is 11.6 Å². The Bertz CT molecular complexity index is 510. The van der Waals surface area contributed by atoms with Crippen LogP contribution < -0.4 is 11.3 Å². The molecule has 0 amide bonds. The summed E-state index contributed by atoms with van der Waals surface area (Å²) in [6.07, 6.45) is 4.93. The molecule has 2 aromatic heterocycles. The Balaban J connectivity index is 2.48. The fourth-order valence-electron chi connectivity index (χ4n) is 1.77. The molecule has 0 aliphatic heterocycles. The van der Waals surface area contributed by atoms with Crippen LogP contribution >= 0.6 is 11.6 Å². The van der Waals surface area contributed by atoms with E-state index in [2.05, 4.69) is 20.5 Å². The van der Waals surface area contributed by atoms with Crippen LogP contribution in [-0.2, 0) is 0 Å². The average Bonchev–Trinajstić information content (AvgIpc) is 2.74. The van der Waals surface area contributed by atoms with Crippen LogP contribution in [0.3, 0.4) is 0 Å². The Morgan fingerprint density at radius 1 is 1.33 bits per heavy atom. The van der Waals surface area contributed by atoms with Crippen LogP contribution in [-0.4, -0.2) is 19.7 Å². The fraction of sp³-hybridized carbons (Fsp3) is 0.364. The summed E-state index contributed by atoms with van der Waals surface area (Å²) in [6.45, 7) is 4.04. The first-order valence-corrected chi connectivity index (χ1v) is 5.99. The standard InChI is InChI=1S/C11H15ClN6/c1-7(2)18-10(8(12)6-16-18)9(17-13)11-14-4-3-5-15-11/h3-7,9,17H,13H2,1-2H3. The third-order valence-electron chi connectivity index (χ3n) is 2.56. The summed E-state index contributed by atoms with van der Waals surface area (Å²) in [6, 6.07) is 1.54. The first-order chi connectivity index (χ1) is 8.65. The summed E-state index contributed by atoms with van der Waals surface area (Å²) in [4.78, 5) is 8.39. The van der Waals surface area contributed by atoms with E-state index in [1.165, 1.54) is 0 Å². The first-order valence-electron chi connectivity index (χ1n) is 5.61. The normalized spacial score (nSPS) is 12.9. The quantitative estimate of drug-likeness (QED) is 0.647. The Morgan fingerprint density at radius 3 is 2.56 bits per heavy atom. The van der Waals surface area contributed by atoms with E-state index in [9.17, 15) is 0 Å². The fourth-order valence-corrected chi connectivity index (χ4v) is 2.01. The van der Waals surface area contributed by atoms with E-state index in [1.807, 2.05) is 18.5 Å². The van der Waals surface area contributed by atoms with Crippen LogP contribution in [0.25, 0.3) is 0 Å². The zero-order valence-electron chi connectivity index (χ0n) is 10.2. The van der Waals surface area contributed by atoms with E-state index >= 15 is 0 Å². The number of nitrogens with zero attached hydrogens (tertiary/aromatic N) is 4. The Hall–Kier alpha value is -1.50. The van der Waals surface area contributed by atoms with Crippen LogP contribution in [0.15, 0.2) is 24.7 Å². The second-order valence-corrected chi connectivity index (χ2v) is 4.53. The Labute approximate surface area is 110 Å². The van der Waals surface area contributed by atoms with Gasteiger partial charge in [-0.25, -0.2) is 15.4 Å². The highest BCUT2D eigenvalue weighted by atomic mass is 35.5. The number of hydrogen-bond donors (Lipinski definition) is 2. The molecule has 0 fully saturated rings. The van der Waals surface area contributed by atoms with Gasteiger partial charge < -0.3 is 0 Å². The third kappa shape index (κ3) is 2.35. The summed E-state index contributed by atoms with van der Waals surface area (Å²) in [5.41, 5.74) is 3.45. The minimum Gasteiger partial charge on any atom is -0.270 e. The van der Waals surface area contributed by atoms with Crippen molar-refractivity contribution in [3.05, 3.63) is 41.2 Å². The molecule has 2 rings (SSSR count). The summed E-state index contributed by atoms with van der Waals surface area (Å²) in [5, 5.41) is 4.78. The third-order valence-corrected chi connectivity index (χ3v) is 2.85. The molecule has 7 heteroatoms. The van der Waals surface area contributed by atoms with Gasteiger partial charge in [0.1, 0.15) is 6.04 Å². The van der Waals surface area contributed by atoms with E-state index in [-0.39, 0.29) is 12.1 Å². The van der Waals surface area contributed by atoms with E-state index < -0.39 is 0 Å². The zero-order valence-corrected chi connectivity index (χ0v) is 11.0. The van der Waals surface area contributed by atoms with E-state index in [4.69, 9.17) is 17.4 Å². The molecule has 96 valence electrons. The smallest absolute Gasteiger partial charge is 0.152 e. The van der Waals surface area contributed by atoms with Crippen LogP contribution in [0, 0.1) is 0 Å². The van der Waals surface area contributed by atoms with Gasteiger partial charge in [0.25, 0.3) is 0 Å². The van der Waals surface area contributed by atoms with Crippen molar-refractivity contribution in [2.45, 2.75) is 25.9 Å². The van der Waals surface area contributed by atoms with Gasteiger partial charge >= 0.3 is 0 Å². The lowest BCUT2D eigenvalue weighted by molar-refractivity contribution is 0.468. The molecule has 1 atom stereocenters. The van der Waals surface area contributed by atoms with E-state index in [1.54, 1.807) is 24.7 Å². The summed E-state index contributed by atoms with van der Waals surface area (Å²) >= 11 is 6.18. The highest BCUT2D eigenvalue weighted by Crippen LogP contribution is 2.27. The highest BCUT2D eigenvalue weighted by molar-refractivity contribution is 6.31. The second kappa shape index (κ2) is 5.43. The number of rotatable bonds is 4. The molecule has 0 spiro atoms. The molecule has 0 aliphatic carbocycles. The lowest BCUT2D eigenvalue weighted by Crippen LogP contribution is -2.32. The minimum absolute atomic E-state index is 0.173. The van der Waals surface area contributed by atoms with Crippen LogP contribution in [0.1, 0.15) is 37.4 Å². The Kier molecular flexibility index (Phi) is 3.90. The molecule has 0 bridgehead atoms. The van der Waals surface area contributed by atoms with Crippen LogP contribution in [0.5, 0.6) is 0 Å². The van der Waals surface area contributed by atoms with Crippen LogP contribution in [0.4, 0.5) is 0 Å². The maximum atomic E-state index is 6.18. The van der Waals surface area contributed by atoms with Crippen molar-refractivity contribution >= 4 is 11.6 Å². The first kappa shape index (κ1) is 12.9.